The first-order valence-electron chi connectivity index (χ1n) is 4.47. The van der Waals surface area contributed by atoms with E-state index in [0.29, 0.717) is 6.42 Å². The van der Waals surface area contributed by atoms with Crippen molar-refractivity contribution in [2.24, 2.45) is 0 Å². The lowest BCUT2D eigenvalue weighted by Gasteiger charge is -2.09. The van der Waals surface area contributed by atoms with Crippen molar-refractivity contribution in [3.8, 4) is 0 Å². The first-order valence-corrected chi connectivity index (χ1v) is 5.27. The normalized spacial score (nSPS) is 10.2. The number of aryl methyl sites for hydroxylation is 1. The lowest BCUT2D eigenvalue weighted by molar-refractivity contribution is -0.128. The van der Waals surface area contributed by atoms with Crippen LogP contribution < -0.4 is 0 Å². The molecule has 5 heteroatoms. The fraction of sp³-hybridized carbons (Fsp3) is 0.556. The average molecular weight is 260 g/mol. The van der Waals surface area contributed by atoms with Crippen LogP contribution in [-0.4, -0.2) is 34.7 Å². The van der Waals surface area contributed by atoms with E-state index in [1.165, 1.54) is 0 Å². The summed E-state index contributed by atoms with van der Waals surface area (Å²) in [6.07, 6.45) is 5.05. The van der Waals surface area contributed by atoms with Crippen LogP contribution in [0.25, 0.3) is 0 Å². The Kier molecular flexibility index (Phi) is 4.13. The van der Waals surface area contributed by atoms with Crippen molar-refractivity contribution in [3.05, 3.63) is 16.9 Å². The van der Waals surface area contributed by atoms with Gasteiger partial charge >= 0.3 is 0 Å². The second kappa shape index (κ2) is 5.14. The molecule has 0 atom stereocenters. The van der Waals surface area contributed by atoms with Gasteiger partial charge < -0.3 is 4.90 Å². The van der Waals surface area contributed by atoms with Crippen molar-refractivity contribution in [2.75, 3.05) is 14.1 Å². The smallest absolute Gasteiger partial charge is 0.222 e. The summed E-state index contributed by atoms with van der Waals surface area (Å²) >= 11 is 3.32. The highest BCUT2D eigenvalue weighted by Crippen LogP contribution is 2.07. The highest BCUT2D eigenvalue weighted by atomic mass is 79.9. The second-order valence-corrected chi connectivity index (χ2v) is 4.23. The summed E-state index contributed by atoms with van der Waals surface area (Å²) in [5.41, 5.74) is 0. The predicted octanol–water partition coefficient (Wildman–Crippen LogP) is 1.51. The molecule has 1 amide bonds. The predicted molar refractivity (Wildman–Crippen MR) is 57.9 cm³/mol. The van der Waals surface area contributed by atoms with Crippen LogP contribution in [0.4, 0.5) is 0 Å². The molecule has 14 heavy (non-hydrogen) atoms. The van der Waals surface area contributed by atoms with Crippen LogP contribution in [0.2, 0.25) is 0 Å². The summed E-state index contributed by atoms with van der Waals surface area (Å²) in [5, 5.41) is 4.10. The Morgan fingerprint density at radius 3 is 2.86 bits per heavy atom. The Morgan fingerprint density at radius 2 is 2.36 bits per heavy atom. The molecule has 1 aromatic heterocycles. The van der Waals surface area contributed by atoms with E-state index >= 15 is 0 Å². The molecule has 1 rings (SSSR count). The van der Waals surface area contributed by atoms with E-state index in [9.17, 15) is 4.79 Å². The molecule has 0 aliphatic heterocycles. The minimum Gasteiger partial charge on any atom is -0.349 e. The summed E-state index contributed by atoms with van der Waals surface area (Å²) in [6, 6.07) is 0. The Morgan fingerprint density at radius 1 is 1.64 bits per heavy atom. The number of carbonyl (C=O) groups excluding carboxylic acids is 1. The molecule has 0 aliphatic carbocycles. The topological polar surface area (TPSA) is 38.1 Å². The molecule has 0 unspecified atom stereocenters. The average Bonchev–Trinajstić information content (AvgIpc) is 2.51. The summed E-state index contributed by atoms with van der Waals surface area (Å²) in [4.78, 5) is 12.8. The fourth-order valence-corrected chi connectivity index (χ4v) is 1.40. The van der Waals surface area contributed by atoms with Crippen molar-refractivity contribution in [1.82, 2.24) is 14.7 Å². The maximum atomic E-state index is 11.2. The lowest BCUT2D eigenvalue weighted by atomic mass is 10.3. The number of nitrogens with zero attached hydrogens (tertiary/aromatic N) is 3. The van der Waals surface area contributed by atoms with Crippen molar-refractivity contribution in [1.29, 1.82) is 0 Å². The highest BCUT2D eigenvalue weighted by molar-refractivity contribution is 9.10. The number of halogens is 1. The molecule has 0 aromatic carbocycles. The van der Waals surface area contributed by atoms with E-state index in [-0.39, 0.29) is 5.91 Å². The minimum atomic E-state index is 0.163. The standard InChI is InChI=1S/C9H14BrN3O/c1-12(2)9(14)4-3-5-13-7-8(10)6-11-13/h6-7H,3-5H2,1-2H3. The molecule has 1 heterocycles. The van der Waals surface area contributed by atoms with Gasteiger partial charge in [-0.1, -0.05) is 0 Å². The van der Waals surface area contributed by atoms with Gasteiger partial charge in [0.2, 0.25) is 5.91 Å². The zero-order chi connectivity index (χ0) is 10.6. The Hall–Kier alpha value is -0.840. The van der Waals surface area contributed by atoms with Gasteiger partial charge in [-0.2, -0.15) is 5.10 Å². The highest BCUT2D eigenvalue weighted by Gasteiger charge is 2.03. The van der Waals surface area contributed by atoms with Gasteiger partial charge in [0.05, 0.1) is 10.7 Å². The van der Waals surface area contributed by atoms with Crippen molar-refractivity contribution < 1.29 is 4.79 Å². The molecule has 78 valence electrons. The molecule has 0 N–H and O–H groups in total. The molecule has 0 spiro atoms. The largest absolute Gasteiger partial charge is 0.349 e. The first-order chi connectivity index (χ1) is 6.59. The van der Waals surface area contributed by atoms with E-state index in [4.69, 9.17) is 0 Å². The lowest BCUT2D eigenvalue weighted by Crippen LogP contribution is -2.21. The maximum Gasteiger partial charge on any atom is 0.222 e. The van der Waals surface area contributed by atoms with E-state index in [2.05, 4.69) is 21.0 Å². The number of hydrogen-bond acceptors (Lipinski definition) is 2. The number of rotatable bonds is 4. The molecular formula is C9H14BrN3O. The van der Waals surface area contributed by atoms with E-state index in [0.717, 1.165) is 17.4 Å². The van der Waals surface area contributed by atoms with Crippen molar-refractivity contribution >= 4 is 21.8 Å². The van der Waals surface area contributed by atoms with Gasteiger partial charge in [-0.25, -0.2) is 0 Å². The molecule has 0 saturated carbocycles. The summed E-state index contributed by atoms with van der Waals surface area (Å²) < 4.78 is 2.80. The van der Waals surface area contributed by atoms with Crippen LogP contribution in [-0.2, 0) is 11.3 Å². The number of hydrogen-bond donors (Lipinski definition) is 0. The van der Waals surface area contributed by atoms with Crippen LogP contribution in [0.1, 0.15) is 12.8 Å². The van der Waals surface area contributed by atoms with Crippen molar-refractivity contribution in [3.63, 3.8) is 0 Å². The Labute approximate surface area is 92.0 Å². The van der Waals surface area contributed by atoms with Crippen LogP contribution in [0.15, 0.2) is 16.9 Å². The van der Waals surface area contributed by atoms with Crippen molar-refractivity contribution in [2.45, 2.75) is 19.4 Å². The third kappa shape index (κ3) is 3.49. The van der Waals surface area contributed by atoms with Gasteiger partial charge in [-0.05, 0) is 22.4 Å². The monoisotopic (exact) mass is 259 g/mol. The summed E-state index contributed by atoms with van der Waals surface area (Å²) in [6.45, 7) is 0.783. The van der Waals surface area contributed by atoms with Gasteiger partial charge in [0.15, 0.2) is 0 Å². The molecule has 0 radical (unpaired) electrons. The van der Waals surface area contributed by atoms with E-state index in [1.807, 2.05) is 10.9 Å². The SMILES string of the molecule is CN(C)C(=O)CCCn1cc(Br)cn1. The molecule has 0 aliphatic rings. The zero-order valence-corrected chi connectivity index (χ0v) is 9.99. The number of amides is 1. The molecule has 0 fully saturated rings. The zero-order valence-electron chi connectivity index (χ0n) is 8.40. The second-order valence-electron chi connectivity index (χ2n) is 3.31. The van der Waals surface area contributed by atoms with Crippen LogP contribution in [0, 0.1) is 0 Å². The minimum absolute atomic E-state index is 0.163. The number of carbonyl (C=O) groups is 1. The van der Waals surface area contributed by atoms with Gasteiger partial charge in [0.1, 0.15) is 0 Å². The van der Waals surface area contributed by atoms with E-state index in [1.54, 1.807) is 25.2 Å². The molecular weight excluding hydrogens is 246 g/mol. The fourth-order valence-electron chi connectivity index (χ4n) is 1.08. The first kappa shape index (κ1) is 11.2. The quantitative estimate of drug-likeness (QED) is 0.823. The van der Waals surface area contributed by atoms with Gasteiger partial charge in [-0.15, -0.1) is 0 Å². The Bertz CT molecular complexity index is 309. The molecule has 0 bridgehead atoms. The van der Waals surface area contributed by atoms with Gasteiger partial charge in [0.25, 0.3) is 0 Å². The van der Waals surface area contributed by atoms with Crippen LogP contribution >= 0.6 is 15.9 Å². The molecule has 1 aromatic rings. The Balaban J connectivity index is 2.25. The molecule has 0 saturated heterocycles. The number of aromatic nitrogens is 2. The third-order valence-corrected chi connectivity index (χ3v) is 2.29. The summed E-state index contributed by atoms with van der Waals surface area (Å²) in [5.74, 6) is 0.163. The van der Waals surface area contributed by atoms with Crippen LogP contribution in [0.5, 0.6) is 0 Å². The molecule has 4 nitrogen and oxygen atoms in total. The maximum absolute atomic E-state index is 11.2. The summed E-state index contributed by atoms with van der Waals surface area (Å²) in [7, 11) is 3.54. The van der Waals surface area contributed by atoms with Gasteiger partial charge in [-0.3, -0.25) is 9.48 Å². The third-order valence-electron chi connectivity index (χ3n) is 1.88. The van der Waals surface area contributed by atoms with Gasteiger partial charge in [0, 0.05) is 33.3 Å². The van der Waals surface area contributed by atoms with Crippen LogP contribution in [0.3, 0.4) is 0 Å². The van der Waals surface area contributed by atoms with E-state index < -0.39 is 0 Å².